The summed E-state index contributed by atoms with van der Waals surface area (Å²) in [5.41, 5.74) is 0. The fraction of sp³-hybridized carbons (Fsp3) is 0.625. The number of rotatable bonds is 1. The first-order chi connectivity index (χ1) is 5.47. The largest absolute Gasteiger partial charge is 0.334 e. The molecule has 1 aromatic rings. The van der Waals surface area contributed by atoms with Crippen LogP contribution in [0.5, 0.6) is 0 Å². The van der Waals surface area contributed by atoms with E-state index in [0.717, 1.165) is 6.04 Å². The summed E-state index contributed by atoms with van der Waals surface area (Å²) in [5.74, 6) is 2.62. The average molecular weight is 168 g/mol. The van der Waals surface area contributed by atoms with Crippen molar-refractivity contribution in [1.82, 2.24) is 9.55 Å². The molecule has 0 radical (unpaired) electrons. The highest BCUT2D eigenvalue weighted by atomic mass is 32.2. The van der Waals surface area contributed by atoms with Crippen molar-refractivity contribution in [3.63, 3.8) is 0 Å². The minimum Gasteiger partial charge on any atom is -0.334 e. The monoisotopic (exact) mass is 168 g/mol. The van der Waals surface area contributed by atoms with Gasteiger partial charge in [-0.1, -0.05) is 0 Å². The third-order valence-corrected chi connectivity index (χ3v) is 3.19. The Morgan fingerprint density at radius 3 is 2.82 bits per heavy atom. The van der Waals surface area contributed by atoms with Gasteiger partial charge < -0.3 is 4.57 Å². The third-order valence-electron chi connectivity index (χ3n) is 2.14. The Morgan fingerprint density at radius 1 is 1.36 bits per heavy atom. The quantitative estimate of drug-likeness (QED) is 0.638. The maximum absolute atomic E-state index is 4.05. The summed E-state index contributed by atoms with van der Waals surface area (Å²) < 4.78 is 2.24. The van der Waals surface area contributed by atoms with E-state index in [-0.39, 0.29) is 0 Å². The minimum atomic E-state index is 0.721. The molecule has 0 aliphatic carbocycles. The smallest absolute Gasteiger partial charge is 0.0948 e. The summed E-state index contributed by atoms with van der Waals surface area (Å²) in [4.78, 5) is 4.05. The van der Waals surface area contributed by atoms with Crippen LogP contribution in [0.15, 0.2) is 18.7 Å². The van der Waals surface area contributed by atoms with Gasteiger partial charge in [-0.15, -0.1) is 0 Å². The molecule has 1 aliphatic rings. The van der Waals surface area contributed by atoms with Gasteiger partial charge in [-0.25, -0.2) is 4.98 Å². The summed E-state index contributed by atoms with van der Waals surface area (Å²) in [5, 5.41) is 0. The van der Waals surface area contributed by atoms with E-state index in [1.165, 1.54) is 24.3 Å². The van der Waals surface area contributed by atoms with Gasteiger partial charge in [-0.05, 0) is 24.3 Å². The molecule has 0 aromatic carbocycles. The molecule has 0 saturated carbocycles. The average Bonchev–Trinajstić information content (AvgIpc) is 2.58. The van der Waals surface area contributed by atoms with Crippen molar-refractivity contribution >= 4 is 11.8 Å². The lowest BCUT2D eigenvalue weighted by molar-refractivity contribution is 0.469. The standard InChI is InChI=1S/C8H12N2S/c1-5-11-6-2-8(1)10-4-3-9-7-10/h3-4,7-8H,1-2,5-6H2. The molecular weight excluding hydrogens is 156 g/mol. The van der Waals surface area contributed by atoms with Crippen molar-refractivity contribution in [2.24, 2.45) is 0 Å². The highest BCUT2D eigenvalue weighted by Crippen LogP contribution is 2.26. The Labute approximate surface area is 71.0 Å². The molecule has 11 heavy (non-hydrogen) atoms. The van der Waals surface area contributed by atoms with Crippen molar-refractivity contribution < 1.29 is 0 Å². The summed E-state index contributed by atoms with van der Waals surface area (Å²) in [6.07, 6.45) is 8.48. The molecule has 0 amide bonds. The summed E-state index contributed by atoms with van der Waals surface area (Å²) in [6, 6.07) is 0.721. The van der Waals surface area contributed by atoms with E-state index >= 15 is 0 Å². The topological polar surface area (TPSA) is 17.8 Å². The molecule has 2 rings (SSSR count). The maximum atomic E-state index is 4.05. The minimum absolute atomic E-state index is 0.721. The Kier molecular flexibility index (Phi) is 2.17. The molecule has 3 heteroatoms. The highest BCUT2D eigenvalue weighted by molar-refractivity contribution is 7.99. The maximum Gasteiger partial charge on any atom is 0.0948 e. The molecule has 60 valence electrons. The van der Waals surface area contributed by atoms with Gasteiger partial charge in [-0.2, -0.15) is 11.8 Å². The van der Waals surface area contributed by atoms with Crippen LogP contribution in [-0.2, 0) is 0 Å². The van der Waals surface area contributed by atoms with Crippen LogP contribution >= 0.6 is 11.8 Å². The Bertz CT molecular complexity index is 202. The molecule has 2 nitrogen and oxygen atoms in total. The number of thioether (sulfide) groups is 1. The van der Waals surface area contributed by atoms with Gasteiger partial charge in [0, 0.05) is 18.4 Å². The van der Waals surface area contributed by atoms with Gasteiger partial charge in [0.15, 0.2) is 0 Å². The van der Waals surface area contributed by atoms with Crippen LogP contribution < -0.4 is 0 Å². The first-order valence-electron chi connectivity index (χ1n) is 4.02. The molecule has 1 aromatic heterocycles. The van der Waals surface area contributed by atoms with E-state index in [1.807, 2.05) is 12.5 Å². The molecular formula is C8H12N2S. The lowest BCUT2D eigenvalue weighted by Crippen LogP contribution is -2.13. The predicted octanol–water partition coefficient (Wildman–Crippen LogP) is 1.95. The second kappa shape index (κ2) is 3.30. The highest BCUT2D eigenvalue weighted by Gasteiger charge is 2.13. The summed E-state index contributed by atoms with van der Waals surface area (Å²) >= 11 is 2.06. The van der Waals surface area contributed by atoms with E-state index in [2.05, 4.69) is 27.5 Å². The van der Waals surface area contributed by atoms with Gasteiger partial charge in [0.05, 0.1) is 6.33 Å². The first-order valence-corrected chi connectivity index (χ1v) is 5.17. The second-order valence-corrected chi connectivity index (χ2v) is 4.08. The molecule has 1 fully saturated rings. The van der Waals surface area contributed by atoms with E-state index in [1.54, 1.807) is 0 Å². The van der Waals surface area contributed by atoms with E-state index in [4.69, 9.17) is 0 Å². The lowest BCUT2D eigenvalue weighted by Gasteiger charge is -2.22. The fourth-order valence-electron chi connectivity index (χ4n) is 1.47. The van der Waals surface area contributed by atoms with E-state index in [9.17, 15) is 0 Å². The normalized spacial score (nSPS) is 20.4. The fourth-order valence-corrected chi connectivity index (χ4v) is 2.55. The van der Waals surface area contributed by atoms with Gasteiger partial charge >= 0.3 is 0 Å². The van der Waals surface area contributed by atoms with Crippen molar-refractivity contribution in [2.75, 3.05) is 11.5 Å². The SMILES string of the molecule is c1cn(C2CCSCC2)cn1. The van der Waals surface area contributed by atoms with E-state index < -0.39 is 0 Å². The third kappa shape index (κ3) is 1.59. The summed E-state index contributed by atoms with van der Waals surface area (Å²) in [6.45, 7) is 0. The van der Waals surface area contributed by atoms with Crippen molar-refractivity contribution in [3.8, 4) is 0 Å². The Morgan fingerprint density at radius 2 is 2.18 bits per heavy atom. The number of hydrogen-bond acceptors (Lipinski definition) is 2. The van der Waals surface area contributed by atoms with Crippen LogP contribution in [-0.4, -0.2) is 21.1 Å². The number of aromatic nitrogens is 2. The van der Waals surface area contributed by atoms with Crippen LogP contribution in [0, 0.1) is 0 Å². The molecule has 0 spiro atoms. The second-order valence-electron chi connectivity index (χ2n) is 2.85. The van der Waals surface area contributed by atoms with Gasteiger partial charge in [0.2, 0.25) is 0 Å². The lowest BCUT2D eigenvalue weighted by atomic mass is 10.1. The summed E-state index contributed by atoms with van der Waals surface area (Å²) in [7, 11) is 0. The predicted molar refractivity (Wildman–Crippen MR) is 47.8 cm³/mol. The first kappa shape index (κ1) is 7.22. The number of imidazole rings is 1. The molecule has 0 N–H and O–H groups in total. The van der Waals surface area contributed by atoms with Crippen molar-refractivity contribution in [1.29, 1.82) is 0 Å². The zero-order chi connectivity index (χ0) is 7.52. The molecule has 0 unspecified atom stereocenters. The Balaban J connectivity index is 2.04. The van der Waals surface area contributed by atoms with Gasteiger partial charge in [0.25, 0.3) is 0 Å². The molecule has 2 heterocycles. The van der Waals surface area contributed by atoms with Crippen molar-refractivity contribution in [2.45, 2.75) is 18.9 Å². The van der Waals surface area contributed by atoms with Gasteiger partial charge in [0.1, 0.15) is 0 Å². The van der Waals surface area contributed by atoms with Crippen LogP contribution in [0.1, 0.15) is 18.9 Å². The zero-order valence-corrected chi connectivity index (χ0v) is 7.26. The van der Waals surface area contributed by atoms with Crippen LogP contribution in [0.4, 0.5) is 0 Å². The Hall–Kier alpha value is -0.440. The molecule has 0 bridgehead atoms. The zero-order valence-electron chi connectivity index (χ0n) is 6.44. The number of nitrogens with zero attached hydrogens (tertiary/aromatic N) is 2. The molecule has 1 aliphatic heterocycles. The van der Waals surface area contributed by atoms with E-state index in [0.29, 0.717) is 0 Å². The van der Waals surface area contributed by atoms with Crippen LogP contribution in [0.25, 0.3) is 0 Å². The number of hydrogen-bond donors (Lipinski definition) is 0. The molecule has 1 saturated heterocycles. The van der Waals surface area contributed by atoms with Crippen LogP contribution in [0.2, 0.25) is 0 Å². The molecule has 0 atom stereocenters. The van der Waals surface area contributed by atoms with Gasteiger partial charge in [-0.3, -0.25) is 0 Å². The van der Waals surface area contributed by atoms with Crippen molar-refractivity contribution in [3.05, 3.63) is 18.7 Å². The van der Waals surface area contributed by atoms with Crippen LogP contribution in [0.3, 0.4) is 0 Å².